The van der Waals surface area contributed by atoms with Gasteiger partial charge in [0.05, 0.1) is 12.7 Å². The summed E-state index contributed by atoms with van der Waals surface area (Å²) >= 11 is 0. The van der Waals surface area contributed by atoms with E-state index >= 15 is 0 Å². The predicted octanol–water partition coefficient (Wildman–Crippen LogP) is 2.62. The van der Waals surface area contributed by atoms with Crippen molar-refractivity contribution in [3.05, 3.63) is 65.0 Å². The Kier molecular flexibility index (Phi) is 3.49. The number of hydrogen-bond acceptors (Lipinski definition) is 5. The smallest absolute Gasteiger partial charge is 0.336 e. The van der Waals surface area contributed by atoms with Crippen LogP contribution in [0.2, 0.25) is 0 Å². The molecule has 0 spiro atoms. The highest BCUT2D eigenvalue weighted by Gasteiger charge is 2.52. The third kappa shape index (κ3) is 1.95. The zero-order valence-corrected chi connectivity index (χ0v) is 13.2. The number of methoxy groups -OCH3 is 1. The van der Waals surface area contributed by atoms with Crippen LogP contribution < -0.4 is 4.90 Å². The number of nitrogens with one attached hydrogen (secondary N) is 1. The van der Waals surface area contributed by atoms with Crippen molar-refractivity contribution < 1.29 is 14.6 Å². The number of ether oxygens (including phenoxy) is 1. The maximum atomic E-state index is 12.3. The standard InChI is InChI=1S/C18H15N3O3/c1-18-14(8-12(22)9-15(18)17(23)24-2)13(10-19)16(20)21(18)11-6-4-3-5-7-11/h3-9,20,22H,1-2H3. The maximum Gasteiger partial charge on any atom is 0.336 e. The Morgan fingerprint density at radius 3 is 2.58 bits per heavy atom. The second kappa shape index (κ2) is 5.39. The molecule has 120 valence electrons. The van der Waals surface area contributed by atoms with E-state index in [4.69, 9.17) is 10.1 Å². The van der Waals surface area contributed by atoms with Crippen LogP contribution in [0.25, 0.3) is 0 Å². The van der Waals surface area contributed by atoms with E-state index in [-0.39, 0.29) is 22.7 Å². The molecule has 0 fully saturated rings. The zero-order chi connectivity index (χ0) is 17.5. The molecule has 1 atom stereocenters. The van der Waals surface area contributed by atoms with Crippen molar-refractivity contribution in [2.75, 3.05) is 12.0 Å². The van der Waals surface area contributed by atoms with Crippen LogP contribution >= 0.6 is 0 Å². The number of benzene rings is 1. The molecule has 2 aliphatic rings. The first-order chi connectivity index (χ1) is 11.4. The Bertz CT molecular complexity index is 875. The van der Waals surface area contributed by atoms with Gasteiger partial charge >= 0.3 is 5.97 Å². The van der Waals surface area contributed by atoms with Crippen molar-refractivity contribution >= 4 is 17.5 Å². The number of nitriles is 1. The van der Waals surface area contributed by atoms with Crippen LogP contribution in [0, 0.1) is 16.7 Å². The summed E-state index contributed by atoms with van der Waals surface area (Å²) < 4.78 is 4.85. The summed E-state index contributed by atoms with van der Waals surface area (Å²) in [5.41, 5.74) is 0.237. The first kappa shape index (κ1) is 15.6. The highest BCUT2D eigenvalue weighted by molar-refractivity contribution is 6.18. The van der Waals surface area contributed by atoms with Crippen molar-refractivity contribution in [1.82, 2.24) is 0 Å². The normalized spacial score (nSPS) is 22.5. The molecular formula is C18H15N3O3. The number of hydrogen-bond donors (Lipinski definition) is 2. The zero-order valence-electron chi connectivity index (χ0n) is 13.2. The van der Waals surface area contributed by atoms with E-state index in [1.165, 1.54) is 19.3 Å². The average molecular weight is 321 g/mol. The summed E-state index contributed by atoms with van der Waals surface area (Å²) in [6, 6.07) is 11.1. The number of allylic oxidation sites excluding steroid dienone is 1. The van der Waals surface area contributed by atoms with Gasteiger partial charge in [0.25, 0.3) is 0 Å². The molecule has 1 unspecified atom stereocenters. The van der Waals surface area contributed by atoms with Crippen LogP contribution in [-0.2, 0) is 9.53 Å². The average Bonchev–Trinajstić information content (AvgIpc) is 2.80. The quantitative estimate of drug-likeness (QED) is 0.816. The number of para-hydroxylation sites is 1. The molecule has 0 saturated carbocycles. The Labute approximate surface area is 139 Å². The molecule has 0 aromatic heterocycles. The van der Waals surface area contributed by atoms with Gasteiger partial charge < -0.3 is 14.7 Å². The Morgan fingerprint density at radius 1 is 1.33 bits per heavy atom. The maximum absolute atomic E-state index is 12.3. The van der Waals surface area contributed by atoms with Gasteiger partial charge in [0.1, 0.15) is 28.8 Å². The number of carbonyl (C=O) groups is 1. The molecule has 0 saturated heterocycles. The molecule has 1 aliphatic carbocycles. The second-order valence-corrected chi connectivity index (χ2v) is 5.61. The number of rotatable bonds is 2. The van der Waals surface area contributed by atoms with E-state index in [0.717, 1.165) is 0 Å². The van der Waals surface area contributed by atoms with Gasteiger partial charge in [0.15, 0.2) is 0 Å². The van der Waals surface area contributed by atoms with Crippen LogP contribution in [0.3, 0.4) is 0 Å². The summed E-state index contributed by atoms with van der Waals surface area (Å²) in [4.78, 5) is 13.9. The highest BCUT2D eigenvalue weighted by atomic mass is 16.5. The molecule has 1 aliphatic heterocycles. The van der Waals surface area contributed by atoms with Gasteiger partial charge in [0.2, 0.25) is 0 Å². The second-order valence-electron chi connectivity index (χ2n) is 5.61. The lowest BCUT2D eigenvalue weighted by atomic mass is 9.79. The van der Waals surface area contributed by atoms with E-state index in [1.54, 1.807) is 24.0 Å². The van der Waals surface area contributed by atoms with E-state index in [2.05, 4.69) is 0 Å². The van der Waals surface area contributed by atoms with E-state index in [9.17, 15) is 15.2 Å². The summed E-state index contributed by atoms with van der Waals surface area (Å²) in [6.45, 7) is 1.74. The fraction of sp³-hybridized carbons (Fsp3) is 0.167. The van der Waals surface area contributed by atoms with Gasteiger partial charge in [-0.05, 0) is 31.2 Å². The van der Waals surface area contributed by atoms with Crippen LogP contribution in [0.1, 0.15) is 6.92 Å². The van der Waals surface area contributed by atoms with Gasteiger partial charge in [-0.2, -0.15) is 5.26 Å². The van der Waals surface area contributed by atoms with Gasteiger partial charge in [-0.1, -0.05) is 18.2 Å². The van der Waals surface area contributed by atoms with Crippen molar-refractivity contribution in [1.29, 1.82) is 10.7 Å². The van der Waals surface area contributed by atoms with Crippen LogP contribution in [0.15, 0.2) is 65.0 Å². The van der Waals surface area contributed by atoms with E-state index in [1.807, 2.05) is 24.3 Å². The first-order valence-corrected chi connectivity index (χ1v) is 7.25. The number of esters is 1. The Balaban J connectivity index is 2.30. The van der Waals surface area contributed by atoms with Crippen molar-refractivity contribution in [3.8, 4) is 6.07 Å². The molecule has 1 heterocycles. The molecule has 24 heavy (non-hydrogen) atoms. The predicted molar refractivity (Wildman–Crippen MR) is 88.5 cm³/mol. The van der Waals surface area contributed by atoms with Gasteiger partial charge in [0, 0.05) is 11.3 Å². The van der Waals surface area contributed by atoms with Gasteiger partial charge in [-0.15, -0.1) is 0 Å². The van der Waals surface area contributed by atoms with Gasteiger partial charge in [-0.25, -0.2) is 4.79 Å². The largest absolute Gasteiger partial charge is 0.508 e. The molecule has 2 N–H and O–H groups in total. The Hall–Kier alpha value is -3.33. The molecule has 0 amide bonds. The molecular weight excluding hydrogens is 306 g/mol. The minimum Gasteiger partial charge on any atom is -0.508 e. The Morgan fingerprint density at radius 2 is 2.00 bits per heavy atom. The lowest BCUT2D eigenvalue weighted by molar-refractivity contribution is -0.136. The number of nitrogens with zero attached hydrogens (tertiary/aromatic N) is 2. The fourth-order valence-electron chi connectivity index (χ4n) is 3.23. The molecule has 6 nitrogen and oxygen atoms in total. The van der Waals surface area contributed by atoms with Crippen LogP contribution in [0.5, 0.6) is 0 Å². The monoisotopic (exact) mass is 321 g/mol. The third-order valence-corrected chi connectivity index (χ3v) is 4.34. The van der Waals surface area contributed by atoms with Crippen molar-refractivity contribution in [2.45, 2.75) is 12.5 Å². The number of aliphatic hydroxyl groups is 1. The van der Waals surface area contributed by atoms with Crippen molar-refractivity contribution in [3.63, 3.8) is 0 Å². The van der Waals surface area contributed by atoms with Crippen LogP contribution in [-0.4, -0.2) is 29.6 Å². The van der Waals surface area contributed by atoms with E-state index in [0.29, 0.717) is 11.3 Å². The lowest BCUT2D eigenvalue weighted by Crippen LogP contribution is -2.50. The topological polar surface area (TPSA) is 97.4 Å². The summed E-state index contributed by atoms with van der Waals surface area (Å²) in [5.74, 6) is -0.803. The summed E-state index contributed by atoms with van der Waals surface area (Å²) in [5, 5.41) is 27.9. The SMILES string of the molecule is COC(=O)C1=CC(O)=CC2=C(C#N)C(=N)N(c3ccccc3)C12C. The molecule has 6 heteroatoms. The molecule has 0 radical (unpaired) electrons. The summed E-state index contributed by atoms with van der Waals surface area (Å²) in [7, 11) is 1.25. The fourth-order valence-corrected chi connectivity index (χ4v) is 3.23. The summed E-state index contributed by atoms with van der Waals surface area (Å²) in [6.07, 6.45) is 2.74. The van der Waals surface area contributed by atoms with Gasteiger partial charge in [-0.3, -0.25) is 5.41 Å². The first-order valence-electron chi connectivity index (χ1n) is 7.25. The lowest BCUT2D eigenvalue weighted by Gasteiger charge is -2.40. The van der Waals surface area contributed by atoms with Crippen molar-refractivity contribution in [2.24, 2.45) is 0 Å². The number of anilines is 1. The van der Waals surface area contributed by atoms with E-state index < -0.39 is 11.5 Å². The molecule has 0 bridgehead atoms. The molecule has 3 rings (SSSR count). The molecule has 1 aromatic rings. The third-order valence-electron chi connectivity index (χ3n) is 4.34. The minimum atomic E-state index is -1.11. The number of aliphatic hydroxyl groups excluding tert-OH is 1. The minimum absolute atomic E-state index is 0.0260. The number of amidine groups is 1. The number of fused-ring (bicyclic) bond motifs is 1. The number of carbonyl (C=O) groups excluding carboxylic acids is 1. The molecule has 1 aromatic carbocycles. The van der Waals surface area contributed by atoms with Crippen LogP contribution in [0.4, 0.5) is 5.69 Å². The highest BCUT2D eigenvalue weighted by Crippen LogP contribution is 2.47.